The number of amides is 1. The molecule has 3 heteroatoms. The quantitative estimate of drug-likeness (QED) is 0.834. The van der Waals surface area contributed by atoms with Crippen LogP contribution in [0, 0.1) is 19.3 Å². The molecule has 0 saturated heterocycles. The molecule has 0 aliphatic rings. The molecule has 0 fully saturated rings. The zero-order valence-corrected chi connectivity index (χ0v) is 12.0. The Hall–Kier alpha value is -2.05. The molecule has 0 spiro atoms. The number of nitrogens with one attached hydrogen (secondary N) is 1. The van der Waals surface area contributed by atoms with Crippen LogP contribution in [0.1, 0.15) is 21.5 Å². The van der Waals surface area contributed by atoms with E-state index in [4.69, 9.17) is 6.42 Å². The van der Waals surface area contributed by atoms with Crippen LogP contribution in [0.15, 0.2) is 46.9 Å². The first kappa shape index (κ1) is 13.4. The van der Waals surface area contributed by atoms with Crippen LogP contribution in [0.3, 0.4) is 0 Å². The third-order valence-corrected chi connectivity index (χ3v) is 3.05. The van der Waals surface area contributed by atoms with Crippen LogP contribution in [-0.4, -0.2) is 5.91 Å². The average molecular weight is 314 g/mol. The van der Waals surface area contributed by atoms with E-state index in [1.165, 1.54) is 0 Å². The molecular weight excluding hydrogens is 302 g/mol. The topological polar surface area (TPSA) is 29.1 Å². The predicted octanol–water partition coefficient (Wildman–Crippen LogP) is 3.99. The van der Waals surface area contributed by atoms with Crippen molar-refractivity contribution in [3.63, 3.8) is 0 Å². The van der Waals surface area contributed by atoms with Crippen molar-refractivity contribution in [3.8, 4) is 12.3 Å². The zero-order valence-electron chi connectivity index (χ0n) is 10.4. The molecule has 0 atom stereocenters. The van der Waals surface area contributed by atoms with Gasteiger partial charge in [-0.2, -0.15) is 0 Å². The minimum atomic E-state index is -0.154. The lowest BCUT2D eigenvalue weighted by atomic mass is 10.1. The van der Waals surface area contributed by atoms with E-state index in [9.17, 15) is 4.79 Å². The van der Waals surface area contributed by atoms with Crippen LogP contribution in [0.2, 0.25) is 0 Å². The highest BCUT2D eigenvalue weighted by Crippen LogP contribution is 2.17. The fourth-order valence-corrected chi connectivity index (χ4v) is 2.37. The van der Waals surface area contributed by atoms with Crippen LogP contribution >= 0.6 is 15.9 Å². The fraction of sp³-hybridized carbons (Fsp3) is 0.0625. The largest absolute Gasteiger partial charge is 0.322 e. The standard InChI is InChI=1S/C16H12BrNO/c1-3-12-5-4-6-15(9-12)18-16(19)13-7-11(2)8-14(17)10-13/h1,4-10H,2H3,(H,18,19). The molecule has 1 amide bonds. The molecule has 0 bridgehead atoms. The van der Waals surface area contributed by atoms with Gasteiger partial charge in [0.2, 0.25) is 0 Å². The van der Waals surface area contributed by atoms with Gasteiger partial charge >= 0.3 is 0 Å². The summed E-state index contributed by atoms with van der Waals surface area (Å²) < 4.78 is 0.884. The van der Waals surface area contributed by atoms with Gasteiger partial charge in [-0.3, -0.25) is 4.79 Å². The highest BCUT2D eigenvalue weighted by molar-refractivity contribution is 9.10. The summed E-state index contributed by atoms with van der Waals surface area (Å²) >= 11 is 3.38. The van der Waals surface area contributed by atoms with Gasteiger partial charge in [-0.25, -0.2) is 0 Å². The molecular formula is C16H12BrNO. The molecule has 0 heterocycles. The number of aryl methyl sites for hydroxylation is 1. The lowest BCUT2D eigenvalue weighted by Crippen LogP contribution is -2.12. The lowest BCUT2D eigenvalue weighted by Gasteiger charge is -2.07. The van der Waals surface area contributed by atoms with Crippen molar-refractivity contribution in [2.45, 2.75) is 6.92 Å². The number of terminal acetylenes is 1. The van der Waals surface area contributed by atoms with Crippen molar-refractivity contribution in [3.05, 3.63) is 63.6 Å². The van der Waals surface area contributed by atoms with Gasteiger partial charge in [-0.1, -0.05) is 27.9 Å². The Morgan fingerprint density at radius 2 is 2.05 bits per heavy atom. The van der Waals surface area contributed by atoms with E-state index in [-0.39, 0.29) is 5.91 Å². The van der Waals surface area contributed by atoms with Crippen LogP contribution in [0.5, 0.6) is 0 Å². The number of rotatable bonds is 2. The monoisotopic (exact) mass is 313 g/mol. The van der Waals surface area contributed by atoms with E-state index in [2.05, 4.69) is 27.2 Å². The second-order valence-corrected chi connectivity index (χ2v) is 5.11. The summed E-state index contributed by atoms with van der Waals surface area (Å²) in [6, 6.07) is 12.8. The first-order chi connectivity index (χ1) is 9.08. The molecule has 2 rings (SSSR count). The van der Waals surface area contributed by atoms with E-state index < -0.39 is 0 Å². The molecule has 19 heavy (non-hydrogen) atoms. The Kier molecular flexibility index (Phi) is 4.03. The molecule has 0 aliphatic carbocycles. The Labute approximate surface area is 121 Å². The molecule has 2 nitrogen and oxygen atoms in total. The van der Waals surface area contributed by atoms with Gasteiger partial charge in [0, 0.05) is 21.3 Å². The first-order valence-corrected chi connectivity index (χ1v) is 6.53. The maximum Gasteiger partial charge on any atom is 0.255 e. The van der Waals surface area contributed by atoms with Gasteiger partial charge in [-0.15, -0.1) is 6.42 Å². The van der Waals surface area contributed by atoms with Crippen molar-refractivity contribution in [2.24, 2.45) is 0 Å². The Morgan fingerprint density at radius 3 is 2.74 bits per heavy atom. The van der Waals surface area contributed by atoms with Crippen LogP contribution in [-0.2, 0) is 0 Å². The third kappa shape index (κ3) is 3.46. The van der Waals surface area contributed by atoms with Gasteiger partial charge < -0.3 is 5.32 Å². The van der Waals surface area contributed by atoms with Crippen LogP contribution in [0.25, 0.3) is 0 Å². The Bertz CT molecular complexity index is 650. The molecule has 2 aromatic carbocycles. The summed E-state index contributed by atoms with van der Waals surface area (Å²) in [5, 5.41) is 2.83. The number of hydrogen-bond acceptors (Lipinski definition) is 1. The zero-order chi connectivity index (χ0) is 13.8. The molecule has 94 valence electrons. The number of anilines is 1. The van der Waals surface area contributed by atoms with E-state index in [0.717, 1.165) is 15.6 Å². The normalized spacial score (nSPS) is 9.74. The van der Waals surface area contributed by atoms with Gasteiger partial charge in [0.1, 0.15) is 0 Å². The first-order valence-electron chi connectivity index (χ1n) is 5.74. The molecule has 0 unspecified atom stereocenters. The SMILES string of the molecule is C#Cc1cccc(NC(=O)c2cc(C)cc(Br)c2)c1. The highest BCUT2D eigenvalue weighted by Gasteiger charge is 2.07. The van der Waals surface area contributed by atoms with Gasteiger partial charge in [0.25, 0.3) is 5.91 Å². The van der Waals surface area contributed by atoms with Crippen molar-refractivity contribution in [2.75, 3.05) is 5.32 Å². The fourth-order valence-electron chi connectivity index (χ4n) is 1.76. The predicted molar refractivity (Wildman–Crippen MR) is 81.2 cm³/mol. The van der Waals surface area contributed by atoms with E-state index >= 15 is 0 Å². The molecule has 1 N–H and O–H groups in total. The van der Waals surface area contributed by atoms with E-state index in [1.807, 2.05) is 37.3 Å². The van der Waals surface area contributed by atoms with Crippen LogP contribution < -0.4 is 5.32 Å². The van der Waals surface area contributed by atoms with Crippen molar-refractivity contribution in [1.29, 1.82) is 0 Å². The smallest absolute Gasteiger partial charge is 0.255 e. The number of benzene rings is 2. The second-order valence-electron chi connectivity index (χ2n) is 4.20. The maximum atomic E-state index is 12.1. The summed E-state index contributed by atoms with van der Waals surface area (Å²) in [6.07, 6.45) is 5.33. The van der Waals surface area contributed by atoms with E-state index in [1.54, 1.807) is 12.1 Å². The summed E-state index contributed by atoms with van der Waals surface area (Å²) in [5.41, 5.74) is 3.07. The number of carbonyl (C=O) groups excluding carboxylic acids is 1. The van der Waals surface area contributed by atoms with Crippen molar-refractivity contribution in [1.82, 2.24) is 0 Å². The maximum absolute atomic E-state index is 12.1. The minimum Gasteiger partial charge on any atom is -0.322 e. The summed E-state index contributed by atoms with van der Waals surface area (Å²) in [4.78, 5) is 12.1. The highest BCUT2D eigenvalue weighted by atomic mass is 79.9. The van der Waals surface area contributed by atoms with Crippen LogP contribution in [0.4, 0.5) is 5.69 Å². The van der Waals surface area contributed by atoms with Gasteiger partial charge in [-0.05, 0) is 48.9 Å². The van der Waals surface area contributed by atoms with E-state index in [0.29, 0.717) is 11.3 Å². The molecule has 2 aromatic rings. The molecule has 0 radical (unpaired) electrons. The number of carbonyl (C=O) groups is 1. The Morgan fingerprint density at radius 1 is 1.26 bits per heavy atom. The molecule has 0 aliphatic heterocycles. The second kappa shape index (κ2) is 5.73. The van der Waals surface area contributed by atoms with Crippen molar-refractivity contribution >= 4 is 27.5 Å². The summed E-state index contributed by atoms with van der Waals surface area (Å²) in [5.74, 6) is 2.39. The molecule has 0 saturated carbocycles. The minimum absolute atomic E-state index is 0.154. The van der Waals surface area contributed by atoms with Gasteiger partial charge in [0.05, 0.1) is 0 Å². The number of halogens is 1. The Balaban J connectivity index is 2.23. The average Bonchev–Trinajstić information content (AvgIpc) is 2.37. The molecule has 0 aromatic heterocycles. The summed E-state index contributed by atoms with van der Waals surface area (Å²) in [7, 11) is 0. The number of hydrogen-bond donors (Lipinski definition) is 1. The third-order valence-electron chi connectivity index (χ3n) is 2.59. The van der Waals surface area contributed by atoms with Gasteiger partial charge in [0.15, 0.2) is 0 Å². The van der Waals surface area contributed by atoms with Crippen molar-refractivity contribution < 1.29 is 4.79 Å². The lowest BCUT2D eigenvalue weighted by molar-refractivity contribution is 0.102. The summed E-state index contributed by atoms with van der Waals surface area (Å²) in [6.45, 7) is 1.94.